The summed E-state index contributed by atoms with van der Waals surface area (Å²) in [6, 6.07) is 7.45. The molecule has 2 heterocycles. The topological polar surface area (TPSA) is 71.8 Å². The molecule has 0 unspecified atom stereocenters. The highest BCUT2D eigenvalue weighted by atomic mass is 16.5. The first-order valence-corrected chi connectivity index (χ1v) is 9.43. The largest absolute Gasteiger partial charge is 0.449 e. The summed E-state index contributed by atoms with van der Waals surface area (Å²) < 4.78 is 11.2. The number of hydrogen-bond donors (Lipinski definition) is 1. The van der Waals surface area contributed by atoms with E-state index in [0.717, 1.165) is 31.1 Å². The predicted molar refractivity (Wildman–Crippen MR) is 98.1 cm³/mol. The van der Waals surface area contributed by atoms with E-state index >= 15 is 0 Å². The highest BCUT2D eigenvalue weighted by Gasteiger charge is 2.29. The molecule has 1 saturated heterocycles. The smallest absolute Gasteiger partial charge is 0.291 e. The Morgan fingerprint density at radius 1 is 1.04 bits per heavy atom. The van der Waals surface area contributed by atoms with Gasteiger partial charge < -0.3 is 19.4 Å². The Kier molecular flexibility index (Phi) is 4.93. The lowest BCUT2D eigenvalue weighted by Crippen LogP contribution is -2.40. The zero-order valence-electron chi connectivity index (χ0n) is 14.8. The molecule has 138 valence electrons. The summed E-state index contributed by atoms with van der Waals surface area (Å²) in [6.45, 7) is 2.11. The maximum Gasteiger partial charge on any atom is 0.291 e. The summed E-state index contributed by atoms with van der Waals surface area (Å²) in [5, 5.41) is 3.78. The standard InChI is InChI=1S/C20H24N2O4/c23-19(14-6-2-1-3-7-14)21-17-15-8-4-5-9-16(15)26-18(17)20(24)22-10-12-25-13-11-22/h4-5,8-9,14H,1-3,6-7,10-13H2,(H,21,23). The molecule has 2 aromatic rings. The Morgan fingerprint density at radius 3 is 2.54 bits per heavy atom. The van der Waals surface area contributed by atoms with Gasteiger partial charge in [-0.3, -0.25) is 9.59 Å². The lowest BCUT2D eigenvalue weighted by Gasteiger charge is -2.26. The number of anilines is 1. The number of para-hydroxylation sites is 1. The van der Waals surface area contributed by atoms with Gasteiger partial charge in [-0.15, -0.1) is 0 Å². The van der Waals surface area contributed by atoms with E-state index in [1.54, 1.807) is 4.90 Å². The van der Waals surface area contributed by atoms with E-state index in [1.807, 2.05) is 24.3 Å². The Morgan fingerprint density at radius 2 is 1.77 bits per heavy atom. The minimum atomic E-state index is -0.191. The molecule has 6 heteroatoms. The number of hydrogen-bond acceptors (Lipinski definition) is 4. The van der Waals surface area contributed by atoms with Crippen LogP contribution in [0.2, 0.25) is 0 Å². The second-order valence-corrected chi connectivity index (χ2v) is 7.03. The third-order valence-corrected chi connectivity index (χ3v) is 5.31. The van der Waals surface area contributed by atoms with Crippen molar-refractivity contribution in [3.05, 3.63) is 30.0 Å². The van der Waals surface area contributed by atoms with Gasteiger partial charge in [-0.2, -0.15) is 0 Å². The Balaban J connectivity index is 1.65. The molecule has 1 aromatic heterocycles. The molecule has 0 spiro atoms. The number of morpholine rings is 1. The van der Waals surface area contributed by atoms with Gasteiger partial charge in [0.2, 0.25) is 11.7 Å². The molecule has 2 amide bonds. The zero-order valence-corrected chi connectivity index (χ0v) is 14.8. The maximum atomic E-state index is 13.0. The predicted octanol–water partition coefficient (Wildman–Crippen LogP) is 3.42. The van der Waals surface area contributed by atoms with Crippen molar-refractivity contribution in [2.24, 2.45) is 5.92 Å². The van der Waals surface area contributed by atoms with E-state index in [-0.39, 0.29) is 23.5 Å². The molecule has 1 saturated carbocycles. The van der Waals surface area contributed by atoms with Crippen LogP contribution in [0.15, 0.2) is 28.7 Å². The number of nitrogens with one attached hydrogen (secondary N) is 1. The quantitative estimate of drug-likeness (QED) is 0.915. The SMILES string of the molecule is O=C(Nc1c(C(=O)N2CCOCC2)oc2ccccc12)C1CCCCC1. The molecule has 1 aliphatic carbocycles. The fourth-order valence-corrected chi connectivity index (χ4v) is 3.82. The highest BCUT2D eigenvalue weighted by Crippen LogP contribution is 2.33. The zero-order chi connectivity index (χ0) is 17.9. The van der Waals surface area contributed by atoms with Crippen molar-refractivity contribution in [3.8, 4) is 0 Å². The average Bonchev–Trinajstić information content (AvgIpc) is 3.07. The van der Waals surface area contributed by atoms with Crippen LogP contribution in [-0.2, 0) is 9.53 Å². The van der Waals surface area contributed by atoms with Gasteiger partial charge in [0.25, 0.3) is 5.91 Å². The Hall–Kier alpha value is -2.34. The number of rotatable bonds is 3. The summed E-state index contributed by atoms with van der Waals surface area (Å²) in [7, 11) is 0. The molecular weight excluding hydrogens is 332 g/mol. The lowest BCUT2D eigenvalue weighted by molar-refractivity contribution is -0.120. The van der Waals surface area contributed by atoms with E-state index in [0.29, 0.717) is 37.6 Å². The molecule has 26 heavy (non-hydrogen) atoms. The van der Waals surface area contributed by atoms with Gasteiger partial charge in [0.15, 0.2) is 0 Å². The van der Waals surface area contributed by atoms with E-state index in [9.17, 15) is 9.59 Å². The van der Waals surface area contributed by atoms with Crippen LogP contribution in [0.5, 0.6) is 0 Å². The van der Waals surface area contributed by atoms with Crippen LogP contribution in [0.4, 0.5) is 5.69 Å². The first-order valence-electron chi connectivity index (χ1n) is 9.43. The molecule has 4 rings (SSSR count). The Labute approximate surface area is 152 Å². The van der Waals surface area contributed by atoms with Gasteiger partial charge in [0.05, 0.1) is 13.2 Å². The number of furan rings is 1. The van der Waals surface area contributed by atoms with Crippen LogP contribution in [0.25, 0.3) is 11.0 Å². The van der Waals surface area contributed by atoms with E-state index in [2.05, 4.69) is 5.32 Å². The van der Waals surface area contributed by atoms with Crippen LogP contribution in [0, 0.1) is 5.92 Å². The summed E-state index contributed by atoms with van der Waals surface area (Å²) >= 11 is 0. The van der Waals surface area contributed by atoms with Gasteiger partial charge in [-0.05, 0) is 25.0 Å². The van der Waals surface area contributed by atoms with Crippen molar-refractivity contribution < 1.29 is 18.7 Å². The van der Waals surface area contributed by atoms with Crippen LogP contribution < -0.4 is 5.32 Å². The molecular formula is C20H24N2O4. The van der Waals surface area contributed by atoms with Crippen LogP contribution in [0.1, 0.15) is 42.7 Å². The second kappa shape index (κ2) is 7.50. The highest BCUT2D eigenvalue weighted by molar-refractivity contribution is 6.11. The van der Waals surface area contributed by atoms with Crippen molar-refractivity contribution in [1.29, 1.82) is 0 Å². The van der Waals surface area contributed by atoms with Crippen molar-refractivity contribution in [1.82, 2.24) is 4.90 Å². The van der Waals surface area contributed by atoms with Crippen molar-refractivity contribution in [2.75, 3.05) is 31.6 Å². The third kappa shape index (κ3) is 3.33. The molecule has 6 nitrogen and oxygen atoms in total. The number of nitrogens with zero attached hydrogens (tertiary/aromatic N) is 1. The van der Waals surface area contributed by atoms with Gasteiger partial charge >= 0.3 is 0 Å². The molecule has 0 radical (unpaired) electrons. The second-order valence-electron chi connectivity index (χ2n) is 7.03. The van der Waals surface area contributed by atoms with Gasteiger partial charge in [-0.1, -0.05) is 31.4 Å². The molecule has 1 N–H and O–H groups in total. The van der Waals surface area contributed by atoms with Gasteiger partial charge in [0.1, 0.15) is 11.3 Å². The maximum absolute atomic E-state index is 13.0. The fourth-order valence-electron chi connectivity index (χ4n) is 3.82. The summed E-state index contributed by atoms with van der Waals surface area (Å²) in [5.41, 5.74) is 1.12. The number of amides is 2. The fraction of sp³-hybridized carbons (Fsp3) is 0.500. The molecule has 0 atom stereocenters. The van der Waals surface area contributed by atoms with Crippen molar-refractivity contribution in [3.63, 3.8) is 0 Å². The minimum Gasteiger partial charge on any atom is -0.449 e. The van der Waals surface area contributed by atoms with E-state index in [4.69, 9.17) is 9.15 Å². The molecule has 0 bridgehead atoms. The number of ether oxygens (including phenoxy) is 1. The van der Waals surface area contributed by atoms with Crippen molar-refractivity contribution >= 4 is 28.5 Å². The minimum absolute atomic E-state index is 0.00715. The monoisotopic (exact) mass is 356 g/mol. The number of carbonyl (C=O) groups excluding carboxylic acids is 2. The first-order chi connectivity index (χ1) is 12.7. The lowest BCUT2D eigenvalue weighted by atomic mass is 9.88. The third-order valence-electron chi connectivity index (χ3n) is 5.31. The molecule has 2 fully saturated rings. The molecule has 1 aliphatic heterocycles. The number of fused-ring (bicyclic) bond motifs is 1. The normalized spacial score (nSPS) is 18.8. The summed E-state index contributed by atoms with van der Waals surface area (Å²) in [6.07, 6.45) is 5.19. The van der Waals surface area contributed by atoms with Crippen LogP contribution in [0.3, 0.4) is 0 Å². The van der Waals surface area contributed by atoms with E-state index < -0.39 is 0 Å². The Bertz CT molecular complexity index is 801. The molecule has 1 aromatic carbocycles. The molecule has 2 aliphatic rings. The van der Waals surface area contributed by atoms with Crippen LogP contribution in [-0.4, -0.2) is 43.0 Å². The number of carbonyl (C=O) groups is 2. The number of benzene rings is 1. The van der Waals surface area contributed by atoms with Crippen molar-refractivity contribution in [2.45, 2.75) is 32.1 Å². The van der Waals surface area contributed by atoms with E-state index in [1.165, 1.54) is 6.42 Å². The summed E-state index contributed by atoms with van der Waals surface area (Å²) in [4.78, 5) is 27.5. The van der Waals surface area contributed by atoms with Gasteiger partial charge in [-0.25, -0.2) is 0 Å². The van der Waals surface area contributed by atoms with Crippen LogP contribution >= 0.6 is 0 Å². The first kappa shape index (κ1) is 17.1. The summed E-state index contributed by atoms with van der Waals surface area (Å²) in [5.74, 6) is 0.0386. The average molecular weight is 356 g/mol. The van der Waals surface area contributed by atoms with Gasteiger partial charge in [0, 0.05) is 24.4 Å².